The van der Waals surface area contributed by atoms with Crippen molar-refractivity contribution in [2.45, 2.75) is 12.6 Å². The Labute approximate surface area is 169 Å². The van der Waals surface area contributed by atoms with Crippen LogP contribution in [-0.4, -0.2) is 70.3 Å². The molecule has 2 aromatic carbocycles. The fourth-order valence-electron chi connectivity index (χ4n) is 3.67. The summed E-state index contributed by atoms with van der Waals surface area (Å²) in [6.45, 7) is 4.33. The molecule has 2 heterocycles. The van der Waals surface area contributed by atoms with E-state index in [4.69, 9.17) is 4.74 Å². The van der Waals surface area contributed by atoms with Crippen LogP contribution in [0.25, 0.3) is 0 Å². The number of piperazine rings is 1. The summed E-state index contributed by atoms with van der Waals surface area (Å²) in [5, 5.41) is 12.6. The maximum Gasteiger partial charge on any atom is 0.173 e. The van der Waals surface area contributed by atoms with E-state index in [1.807, 2.05) is 12.1 Å². The molecule has 0 radical (unpaired) electrons. The van der Waals surface area contributed by atoms with Crippen LogP contribution in [0.4, 0.5) is 4.39 Å². The first-order valence-electron chi connectivity index (χ1n) is 9.71. The number of methoxy groups -OCH3 is 1. The second-order valence-corrected chi connectivity index (χ2v) is 7.34. The highest BCUT2D eigenvalue weighted by atomic mass is 19.1. The van der Waals surface area contributed by atoms with Crippen molar-refractivity contribution in [2.75, 3.05) is 40.3 Å². The zero-order chi connectivity index (χ0) is 20.2. The van der Waals surface area contributed by atoms with Crippen molar-refractivity contribution in [1.82, 2.24) is 30.0 Å². The monoisotopic (exact) mass is 396 g/mol. The van der Waals surface area contributed by atoms with E-state index in [1.54, 1.807) is 23.9 Å². The molecule has 0 N–H and O–H groups in total. The molecule has 7 nitrogen and oxygen atoms in total. The minimum atomic E-state index is -0.251. The first-order valence-corrected chi connectivity index (χ1v) is 9.71. The lowest BCUT2D eigenvalue weighted by Crippen LogP contribution is -2.46. The van der Waals surface area contributed by atoms with E-state index in [0.717, 1.165) is 48.9 Å². The van der Waals surface area contributed by atoms with Crippen LogP contribution < -0.4 is 4.74 Å². The van der Waals surface area contributed by atoms with Gasteiger partial charge in [-0.15, -0.1) is 5.10 Å². The quantitative estimate of drug-likeness (QED) is 0.637. The van der Waals surface area contributed by atoms with Crippen molar-refractivity contribution in [2.24, 2.45) is 0 Å². The third-order valence-electron chi connectivity index (χ3n) is 5.38. The Morgan fingerprint density at radius 1 is 1.00 bits per heavy atom. The van der Waals surface area contributed by atoms with Crippen molar-refractivity contribution in [3.8, 4) is 5.75 Å². The molecule has 8 heteroatoms. The van der Waals surface area contributed by atoms with Gasteiger partial charge < -0.3 is 9.64 Å². The van der Waals surface area contributed by atoms with Crippen molar-refractivity contribution < 1.29 is 9.13 Å². The third-order valence-corrected chi connectivity index (χ3v) is 5.38. The van der Waals surface area contributed by atoms with Crippen LogP contribution in [0.5, 0.6) is 5.75 Å². The average Bonchev–Trinajstić information content (AvgIpc) is 3.19. The number of tetrazole rings is 1. The molecule has 152 valence electrons. The molecular weight excluding hydrogens is 371 g/mol. The average molecular weight is 396 g/mol. The van der Waals surface area contributed by atoms with Gasteiger partial charge in [0.25, 0.3) is 0 Å². The maximum absolute atomic E-state index is 13.3. The molecule has 29 heavy (non-hydrogen) atoms. The Hall–Kier alpha value is -2.84. The van der Waals surface area contributed by atoms with Gasteiger partial charge >= 0.3 is 0 Å². The van der Waals surface area contributed by atoms with Crippen molar-refractivity contribution in [3.05, 3.63) is 71.3 Å². The third kappa shape index (κ3) is 4.44. The number of benzene rings is 2. The molecule has 4 rings (SSSR count). The standard InChI is InChI=1S/C21H25FN6O/c1-26-11-13-27(14-12-26)20(17-5-9-19(29-2)10-6-17)21-23-24-25-28(21)15-16-3-7-18(22)8-4-16/h3-10,20H,11-15H2,1-2H3. The normalized spacial score (nSPS) is 16.7. The molecule has 1 aliphatic heterocycles. The van der Waals surface area contributed by atoms with E-state index >= 15 is 0 Å². The van der Waals surface area contributed by atoms with Gasteiger partial charge in [0.05, 0.1) is 19.7 Å². The summed E-state index contributed by atoms with van der Waals surface area (Å²) in [4.78, 5) is 4.73. The molecule has 0 spiro atoms. The predicted octanol–water partition coefficient (Wildman–Crippen LogP) is 2.21. The van der Waals surface area contributed by atoms with E-state index in [9.17, 15) is 4.39 Å². The Morgan fingerprint density at radius 3 is 2.34 bits per heavy atom. The van der Waals surface area contributed by atoms with Crippen LogP contribution in [0.3, 0.4) is 0 Å². The largest absolute Gasteiger partial charge is 0.497 e. The highest BCUT2D eigenvalue weighted by molar-refractivity contribution is 5.32. The minimum absolute atomic E-state index is 0.0648. The van der Waals surface area contributed by atoms with E-state index in [2.05, 4.69) is 44.5 Å². The minimum Gasteiger partial charge on any atom is -0.497 e. The molecule has 1 fully saturated rings. The Balaban J connectivity index is 1.67. The second-order valence-electron chi connectivity index (χ2n) is 7.34. The summed E-state index contributed by atoms with van der Waals surface area (Å²) in [7, 11) is 3.80. The first kappa shape index (κ1) is 19.5. The molecule has 1 atom stereocenters. The molecular formula is C21H25FN6O. The van der Waals surface area contributed by atoms with Crippen LogP contribution in [0, 0.1) is 5.82 Å². The number of halogens is 1. The van der Waals surface area contributed by atoms with Crippen LogP contribution in [0.1, 0.15) is 23.0 Å². The van der Waals surface area contributed by atoms with Crippen molar-refractivity contribution >= 4 is 0 Å². The Kier molecular flexibility index (Phi) is 5.82. The molecule has 1 saturated heterocycles. The van der Waals surface area contributed by atoms with Gasteiger partial charge in [-0.25, -0.2) is 9.07 Å². The Morgan fingerprint density at radius 2 is 1.69 bits per heavy atom. The molecule has 1 aliphatic rings. The smallest absolute Gasteiger partial charge is 0.173 e. The molecule has 1 unspecified atom stereocenters. The lowest BCUT2D eigenvalue weighted by Gasteiger charge is -2.37. The summed E-state index contributed by atoms with van der Waals surface area (Å²) >= 11 is 0. The molecule has 0 amide bonds. The SMILES string of the molecule is COc1ccc(C(c2nnnn2Cc2ccc(F)cc2)N2CCN(C)CC2)cc1. The molecule has 1 aromatic heterocycles. The van der Waals surface area contributed by atoms with Crippen LogP contribution >= 0.6 is 0 Å². The fraction of sp³-hybridized carbons (Fsp3) is 0.381. The first-order chi connectivity index (χ1) is 14.1. The van der Waals surface area contributed by atoms with Gasteiger partial charge in [0.15, 0.2) is 5.82 Å². The van der Waals surface area contributed by atoms with Gasteiger partial charge in [0.2, 0.25) is 0 Å². The summed E-state index contributed by atoms with van der Waals surface area (Å²) < 4.78 is 20.4. The van der Waals surface area contributed by atoms with Crippen molar-refractivity contribution in [1.29, 1.82) is 0 Å². The van der Waals surface area contributed by atoms with Crippen LogP contribution in [-0.2, 0) is 6.54 Å². The van der Waals surface area contributed by atoms with Crippen LogP contribution in [0.2, 0.25) is 0 Å². The molecule has 0 saturated carbocycles. The fourth-order valence-corrected chi connectivity index (χ4v) is 3.67. The number of nitrogens with zero attached hydrogens (tertiary/aromatic N) is 6. The number of likely N-dealkylation sites (N-methyl/N-ethyl adjacent to an activating group) is 1. The maximum atomic E-state index is 13.3. The van der Waals surface area contributed by atoms with Gasteiger partial charge in [-0.2, -0.15) is 0 Å². The van der Waals surface area contributed by atoms with Gasteiger partial charge in [0.1, 0.15) is 11.6 Å². The van der Waals surface area contributed by atoms with E-state index in [1.165, 1.54) is 12.1 Å². The molecule has 0 bridgehead atoms. The predicted molar refractivity (Wildman–Crippen MR) is 107 cm³/mol. The summed E-state index contributed by atoms with van der Waals surface area (Å²) in [6, 6.07) is 14.4. The Bertz CT molecular complexity index is 919. The lowest BCUT2D eigenvalue weighted by molar-refractivity contribution is 0.121. The number of rotatable bonds is 6. The summed E-state index contributed by atoms with van der Waals surface area (Å²) in [5.74, 6) is 1.35. The van der Waals surface area contributed by atoms with Gasteiger partial charge in [0, 0.05) is 26.2 Å². The van der Waals surface area contributed by atoms with E-state index in [-0.39, 0.29) is 11.9 Å². The van der Waals surface area contributed by atoms with E-state index < -0.39 is 0 Å². The topological polar surface area (TPSA) is 59.3 Å². The van der Waals surface area contributed by atoms with Crippen molar-refractivity contribution in [3.63, 3.8) is 0 Å². The highest BCUT2D eigenvalue weighted by Gasteiger charge is 2.30. The zero-order valence-corrected chi connectivity index (χ0v) is 16.7. The summed E-state index contributed by atoms with van der Waals surface area (Å²) in [6.07, 6.45) is 0. The highest BCUT2D eigenvalue weighted by Crippen LogP contribution is 2.29. The van der Waals surface area contributed by atoms with Gasteiger partial charge in [-0.1, -0.05) is 24.3 Å². The van der Waals surface area contributed by atoms with Crippen LogP contribution in [0.15, 0.2) is 48.5 Å². The number of hydrogen-bond acceptors (Lipinski definition) is 6. The zero-order valence-electron chi connectivity index (χ0n) is 16.7. The van der Waals surface area contributed by atoms with Gasteiger partial charge in [-0.05, 0) is 52.9 Å². The summed E-state index contributed by atoms with van der Waals surface area (Å²) in [5.41, 5.74) is 2.07. The molecule has 0 aliphatic carbocycles. The molecule has 3 aromatic rings. The van der Waals surface area contributed by atoms with Gasteiger partial charge in [-0.3, -0.25) is 4.90 Å². The number of hydrogen-bond donors (Lipinski definition) is 0. The van der Waals surface area contributed by atoms with E-state index in [0.29, 0.717) is 6.54 Å². The second kappa shape index (κ2) is 8.67. The lowest BCUT2D eigenvalue weighted by atomic mass is 10.0. The number of ether oxygens (including phenoxy) is 1. The number of aromatic nitrogens is 4.